The molecule has 2 aromatic rings. The summed E-state index contributed by atoms with van der Waals surface area (Å²) >= 11 is 0. The van der Waals surface area contributed by atoms with E-state index >= 15 is 0 Å². The maximum atomic E-state index is 12.8. The van der Waals surface area contributed by atoms with Crippen LogP contribution in [-0.2, 0) is 11.3 Å². The van der Waals surface area contributed by atoms with Crippen LogP contribution in [0.3, 0.4) is 0 Å². The maximum Gasteiger partial charge on any atom is 0.225 e. The van der Waals surface area contributed by atoms with Crippen molar-refractivity contribution in [2.75, 3.05) is 18.0 Å². The van der Waals surface area contributed by atoms with E-state index in [1.54, 1.807) is 24.8 Å². The molecule has 4 rings (SSSR count). The van der Waals surface area contributed by atoms with Crippen molar-refractivity contribution in [1.29, 1.82) is 0 Å². The van der Waals surface area contributed by atoms with Crippen molar-refractivity contribution in [2.45, 2.75) is 51.2 Å². The maximum absolute atomic E-state index is 12.8. The van der Waals surface area contributed by atoms with E-state index in [2.05, 4.69) is 25.2 Å². The Bertz CT molecular complexity index is 779. The molecule has 3 heterocycles. The fraction of sp³-hybridized carbons (Fsp3) is 0.524. The zero-order valence-electron chi connectivity index (χ0n) is 16.1. The van der Waals surface area contributed by atoms with Crippen LogP contribution in [-0.4, -0.2) is 40.1 Å². The molecule has 2 fully saturated rings. The fourth-order valence-corrected chi connectivity index (χ4v) is 4.01. The van der Waals surface area contributed by atoms with E-state index in [0.29, 0.717) is 19.0 Å². The molecule has 1 saturated heterocycles. The number of carbonyl (C=O) groups excluding carboxylic acids is 1. The SMILES string of the molecule is O=C(NCc1cccnc1OC1CCCC1)C1CCCN(c2cnccn2)C1. The quantitative estimate of drug-likeness (QED) is 0.829. The van der Waals surface area contributed by atoms with Crippen LogP contribution in [0.5, 0.6) is 5.88 Å². The molecular weight excluding hydrogens is 354 g/mol. The fourth-order valence-electron chi connectivity index (χ4n) is 4.01. The van der Waals surface area contributed by atoms with E-state index in [1.165, 1.54) is 12.8 Å². The second kappa shape index (κ2) is 8.99. The molecule has 1 N–H and O–H groups in total. The van der Waals surface area contributed by atoms with Gasteiger partial charge < -0.3 is 15.0 Å². The molecule has 28 heavy (non-hydrogen) atoms. The molecule has 2 aromatic heterocycles. The Kier molecular flexibility index (Phi) is 5.99. The first-order chi connectivity index (χ1) is 13.8. The van der Waals surface area contributed by atoms with Gasteiger partial charge in [0.2, 0.25) is 11.8 Å². The highest BCUT2D eigenvalue weighted by Gasteiger charge is 2.27. The minimum atomic E-state index is -0.0494. The molecule has 1 atom stereocenters. The van der Waals surface area contributed by atoms with Gasteiger partial charge in [-0.2, -0.15) is 0 Å². The second-order valence-corrected chi connectivity index (χ2v) is 7.56. The predicted octanol–water partition coefficient (Wildman–Crippen LogP) is 2.73. The number of nitrogens with zero attached hydrogens (tertiary/aromatic N) is 4. The van der Waals surface area contributed by atoms with Gasteiger partial charge in [0.25, 0.3) is 0 Å². The zero-order chi connectivity index (χ0) is 19.2. The van der Waals surface area contributed by atoms with Crippen molar-refractivity contribution < 1.29 is 9.53 Å². The van der Waals surface area contributed by atoms with Crippen LogP contribution in [0.25, 0.3) is 0 Å². The van der Waals surface area contributed by atoms with Gasteiger partial charge >= 0.3 is 0 Å². The van der Waals surface area contributed by atoms with Gasteiger partial charge in [-0.05, 0) is 44.6 Å². The number of hydrogen-bond acceptors (Lipinski definition) is 6. The van der Waals surface area contributed by atoms with Crippen LogP contribution in [0.4, 0.5) is 5.82 Å². The molecule has 7 nitrogen and oxygen atoms in total. The molecule has 0 spiro atoms. The van der Waals surface area contributed by atoms with Crippen LogP contribution in [0.1, 0.15) is 44.1 Å². The van der Waals surface area contributed by atoms with Gasteiger partial charge in [0.1, 0.15) is 11.9 Å². The van der Waals surface area contributed by atoms with E-state index in [9.17, 15) is 4.79 Å². The summed E-state index contributed by atoms with van der Waals surface area (Å²) in [4.78, 5) is 27.8. The number of nitrogens with one attached hydrogen (secondary N) is 1. The van der Waals surface area contributed by atoms with E-state index in [4.69, 9.17) is 4.74 Å². The van der Waals surface area contributed by atoms with Gasteiger partial charge in [-0.3, -0.25) is 9.78 Å². The Hall–Kier alpha value is -2.70. The number of hydrogen-bond donors (Lipinski definition) is 1. The molecule has 148 valence electrons. The van der Waals surface area contributed by atoms with Crippen LogP contribution in [0, 0.1) is 5.92 Å². The smallest absolute Gasteiger partial charge is 0.225 e. The predicted molar refractivity (Wildman–Crippen MR) is 106 cm³/mol. The van der Waals surface area contributed by atoms with Crippen LogP contribution >= 0.6 is 0 Å². The largest absolute Gasteiger partial charge is 0.474 e. The van der Waals surface area contributed by atoms with Crippen LogP contribution in [0.2, 0.25) is 0 Å². The molecular formula is C21H27N5O2. The summed E-state index contributed by atoms with van der Waals surface area (Å²) in [7, 11) is 0. The molecule has 1 aliphatic carbocycles. The minimum absolute atomic E-state index is 0.0494. The van der Waals surface area contributed by atoms with E-state index in [0.717, 1.165) is 43.6 Å². The zero-order valence-corrected chi connectivity index (χ0v) is 16.1. The van der Waals surface area contributed by atoms with E-state index in [-0.39, 0.29) is 17.9 Å². The molecule has 1 amide bonds. The lowest BCUT2D eigenvalue weighted by Gasteiger charge is -2.32. The summed E-state index contributed by atoms with van der Waals surface area (Å²) in [5.41, 5.74) is 0.935. The second-order valence-electron chi connectivity index (χ2n) is 7.56. The van der Waals surface area contributed by atoms with Gasteiger partial charge in [0, 0.05) is 43.8 Å². The Labute approximate surface area is 165 Å². The molecule has 2 aliphatic rings. The standard InChI is InChI=1S/C21H27N5O2/c27-20(17-6-4-12-26(15-17)19-14-22-10-11-23-19)25-13-16-5-3-9-24-21(16)28-18-7-1-2-8-18/h3,5,9-11,14,17-18H,1-2,4,6-8,12-13,15H2,(H,25,27). The normalized spacial score (nSPS) is 20.1. The number of rotatable bonds is 6. The van der Waals surface area contributed by atoms with Crippen LogP contribution in [0.15, 0.2) is 36.9 Å². The van der Waals surface area contributed by atoms with Crippen molar-refractivity contribution >= 4 is 11.7 Å². The monoisotopic (exact) mass is 381 g/mol. The first-order valence-corrected chi connectivity index (χ1v) is 10.2. The van der Waals surface area contributed by atoms with Crippen molar-refractivity contribution in [3.8, 4) is 5.88 Å². The molecule has 1 unspecified atom stereocenters. The molecule has 0 radical (unpaired) electrons. The molecule has 7 heteroatoms. The summed E-state index contributed by atoms with van der Waals surface area (Å²) in [6.07, 6.45) is 13.6. The van der Waals surface area contributed by atoms with Gasteiger partial charge in [0.05, 0.1) is 12.1 Å². The Morgan fingerprint density at radius 2 is 2.04 bits per heavy atom. The lowest BCUT2D eigenvalue weighted by molar-refractivity contribution is -0.125. The van der Waals surface area contributed by atoms with Crippen molar-refractivity contribution in [3.63, 3.8) is 0 Å². The molecule has 0 bridgehead atoms. The summed E-state index contributed by atoms with van der Waals surface area (Å²) in [6, 6.07) is 3.86. The third-order valence-electron chi connectivity index (χ3n) is 5.55. The van der Waals surface area contributed by atoms with Crippen molar-refractivity contribution in [3.05, 3.63) is 42.5 Å². The van der Waals surface area contributed by atoms with E-state index < -0.39 is 0 Å². The van der Waals surface area contributed by atoms with Gasteiger partial charge in [-0.25, -0.2) is 9.97 Å². The number of carbonyl (C=O) groups is 1. The summed E-state index contributed by atoms with van der Waals surface area (Å²) in [5.74, 6) is 1.51. The minimum Gasteiger partial charge on any atom is -0.474 e. The molecule has 1 aliphatic heterocycles. The molecule has 0 aromatic carbocycles. The Balaban J connectivity index is 1.34. The topological polar surface area (TPSA) is 80.2 Å². The average molecular weight is 381 g/mol. The number of piperidine rings is 1. The lowest BCUT2D eigenvalue weighted by Crippen LogP contribution is -2.43. The third kappa shape index (κ3) is 4.58. The number of amides is 1. The van der Waals surface area contributed by atoms with Crippen molar-refractivity contribution in [2.24, 2.45) is 5.92 Å². The first kappa shape index (κ1) is 18.7. The van der Waals surface area contributed by atoms with Crippen molar-refractivity contribution in [1.82, 2.24) is 20.3 Å². The van der Waals surface area contributed by atoms with Gasteiger partial charge in [-0.15, -0.1) is 0 Å². The number of pyridine rings is 1. The lowest BCUT2D eigenvalue weighted by atomic mass is 9.97. The highest BCUT2D eigenvalue weighted by molar-refractivity contribution is 5.79. The highest BCUT2D eigenvalue weighted by atomic mass is 16.5. The Morgan fingerprint density at radius 1 is 1.14 bits per heavy atom. The van der Waals surface area contributed by atoms with E-state index in [1.807, 2.05) is 12.1 Å². The van der Waals surface area contributed by atoms with Crippen LogP contribution < -0.4 is 15.0 Å². The highest BCUT2D eigenvalue weighted by Crippen LogP contribution is 2.25. The Morgan fingerprint density at radius 3 is 2.86 bits per heavy atom. The van der Waals surface area contributed by atoms with Gasteiger partial charge in [0.15, 0.2) is 0 Å². The average Bonchev–Trinajstić information content (AvgIpc) is 3.27. The van der Waals surface area contributed by atoms with Gasteiger partial charge in [-0.1, -0.05) is 6.07 Å². The number of aromatic nitrogens is 3. The summed E-state index contributed by atoms with van der Waals surface area (Å²) in [5, 5.41) is 3.08. The molecule has 1 saturated carbocycles. The number of anilines is 1. The number of ether oxygens (including phenoxy) is 1. The first-order valence-electron chi connectivity index (χ1n) is 10.2. The summed E-state index contributed by atoms with van der Waals surface area (Å²) in [6.45, 7) is 2.02. The summed E-state index contributed by atoms with van der Waals surface area (Å²) < 4.78 is 6.07. The third-order valence-corrected chi connectivity index (χ3v) is 5.55.